The molecule has 0 aliphatic heterocycles. The molecule has 1 heterocycles. The second kappa shape index (κ2) is 12.4. The molecule has 0 bridgehead atoms. The Labute approximate surface area is 304 Å². The molecule has 52 heavy (non-hydrogen) atoms. The highest BCUT2D eigenvalue weighted by molar-refractivity contribution is 5.98. The van der Waals surface area contributed by atoms with Crippen LogP contribution in [0.2, 0.25) is 0 Å². The molecule has 2 aliphatic rings. The van der Waals surface area contributed by atoms with Crippen LogP contribution >= 0.6 is 0 Å². The maximum atomic E-state index is 5.07. The quantitative estimate of drug-likeness (QED) is 0.184. The van der Waals surface area contributed by atoms with Gasteiger partial charge in [0.25, 0.3) is 0 Å². The highest BCUT2D eigenvalue weighted by Crippen LogP contribution is 2.59. The average Bonchev–Trinajstić information content (AvgIpc) is 3.40. The standard InChI is InChI=1S/C49H35N3/c1-5-16-34(17-6-1)46-50-47(35-18-7-2-8-19-35)52-48(51-46)37-28-30-40-36(32-37)21-15-20-33-29-31-43-45(44(33)40)41-26-13-14-27-42(41)49(43,38-22-9-3-10-23-38)39-24-11-4-12-25-39/h1-14,16-19,22-32H,15,20-21H2. The lowest BCUT2D eigenvalue weighted by atomic mass is 9.67. The molecule has 0 unspecified atom stereocenters. The van der Waals surface area contributed by atoms with Crippen molar-refractivity contribution in [3.8, 4) is 56.4 Å². The molecule has 0 atom stereocenters. The largest absolute Gasteiger partial charge is 0.208 e. The second-order valence-electron chi connectivity index (χ2n) is 13.8. The lowest BCUT2D eigenvalue weighted by Crippen LogP contribution is -2.28. The molecule has 246 valence electrons. The topological polar surface area (TPSA) is 38.7 Å². The van der Waals surface area contributed by atoms with Crippen LogP contribution in [0.25, 0.3) is 56.4 Å². The van der Waals surface area contributed by atoms with Crippen LogP contribution in [0.1, 0.15) is 39.8 Å². The number of hydrogen-bond donors (Lipinski definition) is 0. The summed E-state index contributed by atoms with van der Waals surface area (Å²) < 4.78 is 0. The zero-order valence-corrected chi connectivity index (χ0v) is 28.7. The van der Waals surface area contributed by atoms with Crippen LogP contribution in [0.15, 0.2) is 176 Å². The number of benzene rings is 7. The Morgan fingerprint density at radius 1 is 0.365 bits per heavy atom. The molecule has 3 nitrogen and oxygen atoms in total. The number of fused-ring (bicyclic) bond motifs is 7. The van der Waals surface area contributed by atoms with Gasteiger partial charge in [0, 0.05) is 16.7 Å². The third-order valence-corrected chi connectivity index (χ3v) is 10.9. The van der Waals surface area contributed by atoms with Crippen molar-refractivity contribution in [2.45, 2.75) is 24.7 Å². The number of aryl methyl sites for hydroxylation is 2. The Morgan fingerprint density at radius 2 is 0.885 bits per heavy atom. The Bertz CT molecular complexity index is 2480. The van der Waals surface area contributed by atoms with E-state index in [-0.39, 0.29) is 0 Å². The maximum absolute atomic E-state index is 5.07. The van der Waals surface area contributed by atoms with Crippen molar-refractivity contribution in [3.63, 3.8) is 0 Å². The molecule has 2 aliphatic carbocycles. The minimum atomic E-state index is -0.428. The minimum absolute atomic E-state index is 0.428. The Kier molecular flexibility index (Phi) is 7.24. The number of aromatic nitrogens is 3. The van der Waals surface area contributed by atoms with Crippen molar-refractivity contribution in [1.82, 2.24) is 15.0 Å². The van der Waals surface area contributed by atoms with Gasteiger partial charge in [0.1, 0.15) is 0 Å². The third-order valence-electron chi connectivity index (χ3n) is 10.9. The monoisotopic (exact) mass is 665 g/mol. The van der Waals surface area contributed by atoms with Crippen molar-refractivity contribution in [2.75, 3.05) is 0 Å². The van der Waals surface area contributed by atoms with Crippen molar-refractivity contribution >= 4 is 0 Å². The first kappa shape index (κ1) is 30.4. The second-order valence-corrected chi connectivity index (χ2v) is 13.8. The van der Waals surface area contributed by atoms with Crippen molar-refractivity contribution in [2.24, 2.45) is 0 Å². The summed E-state index contributed by atoms with van der Waals surface area (Å²) in [6.07, 6.45) is 3.09. The van der Waals surface area contributed by atoms with E-state index in [1.54, 1.807) is 0 Å². The summed E-state index contributed by atoms with van der Waals surface area (Å²) in [5, 5.41) is 0. The van der Waals surface area contributed by atoms with Crippen LogP contribution in [-0.4, -0.2) is 15.0 Å². The Morgan fingerprint density at radius 3 is 1.50 bits per heavy atom. The molecule has 0 spiro atoms. The van der Waals surface area contributed by atoms with E-state index >= 15 is 0 Å². The van der Waals surface area contributed by atoms with E-state index in [0.717, 1.165) is 36.0 Å². The van der Waals surface area contributed by atoms with Gasteiger partial charge in [-0.2, -0.15) is 0 Å². The van der Waals surface area contributed by atoms with Gasteiger partial charge in [0.2, 0.25) is 0 Å². The first-order valence-electron chi connectivity index (χ1n) is 18.2. The number of hydrogen-bond acceptors (Lipinski definition) is 3. The summed E-state index contributed by atoms with van der Waals surface area (Å²) in [7, 11) is 0. The van der Waals surface area contributed by atoms with Crippen molar-refractivity contribution in [3.05, 3.63) is 209 Å². The first-order valence-corrected chi connectivity index (χ1v) is 18.2. The molecule has 0 amide bonds. The van der Waals surface area contributed by atoms with Crippen LogP contribution < -0.4 is 0 Å². The van der Waals surface area contributed by atoms with Crippen LogP contribution in [-0.2, 0) is 18.3 Å². The van der Waals surface area contributed by atoms with E-state index < -0.39 is 5.41 Å². The molecule has 0 saturated carbocycles. The van der Waals surface area contributed by atoms with Crippen LogP contribution in [0.5, 0.6) is 0 Å². The maximum Gasteiger partial charge on any atom is 0.164 e. The predicted octanol–water partition coefficient (Wildman–Crippen LogP) is 11.4. The summed E-state index contributed by atoms with van der Waals surface area (Å²) >= 11 is 0. The summed E-state index contributed by atoms with van der Waals surface area (Å²) in [6, 6.07) is 63.3. The molecular weight excluding hydrogens is 631 g/mol. The Balaban J connectivity index is 1.19. The summed E-state index contributed by atoms with van der Waals surface area (Å²) in [6.45, 7) is 0. The van der Waals surface area contributed by atoms with Gasteiger partial charge >= 0.3 is 0 Å². The fraction of sp³-hybridized carbons (Fsp3) is 0.0816. The minimum Gasteiger partial charge on any atom is -0.208 e. The van der Waals surface area contributed by atoms with Gasteiger partial charge in [-0.15, -0.1) is 0 Å². The Hall–Kier alpha value is -6.45. The predicted molar refractivity (Wildman–Crippen MR) is 211 cm³/mol. The van der Waals surface area contributed by atoms with Crippen LogP contribution in [0.4, 0.5) is 0 Å². The molecule has 0 N–H and O–H groups in total. The zero-order chi connectivity index (χ0) is 34.5. The summed E-state index contributed by atoms with van der Waals surface area (Å²) in [4.78, 5) is 15.1. The number of rotatable bonds is 5. The lowest BCUT2D eigenvalue weighted by molar-refractivity contribution is 0.767. The first-order chi connectivity index (χ1) is 25.8. The average molecular weight is 666 g/mol. The molecule has 10 rings (SSSR count). The van der Waals surface area contributed by atoms with E-state index in [2.05, 4.69) is 140 Å². The van der Waals surface area contributed by atoms with E-state index in [1.165, 1.54) is 55.6 Å². The van der Waals surface area contributed by atoms with Gasteiger partial charge < -0.3 is 0 Å². The van der Waals surface area contributed by atoms with Crippen molar-refractivity contribution < 1.29 is 0 Å². The SMILES string of the molecule is c1ccc(-c2nc(-c3ccccc3)nc(-c3ccc4c(c3)CCCc3ccc5c(c3-4)-c3ccccc3C5(c3ccccc3)c3ccccc3)n2)cc1. The van der Waals surface area contributed by atoms with E-state index in [9.17, 15) is 0 Å². The fourth-order valence-electron chi connectivity index (χ4n) is 8.68. The zero-order valence-electron chi connectivity index (χ0n) is 28.7. The van der Waals surface area contributed by atoms with Gasteiger partial charge in [-0.25, -0.2) is 15.0 Å². The van der Waals surface area contributed by atoms with Gasteiger partial charge in [0.05, 0.1) is 5.41 Å². The summed E-state index contributed by atoms with van der Waals surface area (Å²) in [5.74, 6) is 2.05. The molecule has 0 fully saturated rings. The van der Waals surface area contributed by atoms with E-state index in [4.69, 9.17) is 15.0 Å². The molecular formula is C49H35N3. The van der Waals surface area contributed by atoms with Gasteiger partial charge in [-0.05, 0) is 81.0 Å². The molecule has 0 radical (unpaired) electrons. The smallest absolute Gasteiger partial charge is 0.164 e. The highest BCUT2D eigenvalue weighted by Gasteiger charge is 2.47. The number of nitrogens with zero attached hydrogens (tertiary/aromatic N) is 3. The molecule has 3 heteroatoms. The van der Waals surface area contributed by atoms with Gasteiger partial charge in [-0.3, -0.25) is 0 Å². The van der Waals surface area contributed by atoms with E-state index in [0.29, 0.717) is 17.5 Å². The van der Waals surface area contributed by atoms with Gasteiger partial charge in [-0.1, -0.05) is 170 Å². The third kappa shape index (κ3) is 4.77. The van der Waals surface area contributed by atoms with Crippen LogP contribution in [0.3, 0.4) is 0 Å². The fourth-order valence-corrected chi connectivity index (χ4v) is 8.68. The van der Waals surface area contributed by atoms with Crippen LogP contribution in [0, 0.1) is 0 Å². The highest BCUT2D eigenvalue weighted by atomic mass is 15.0. The summed E-state index contributed by atoms with van der Waals surface area (Å²) in [5.41, 5.74) is 15.9. The lowest BCUT2D eigenvalue weighted by Gasteiger charge is -2.34. The molecule has 8 aromatic rings. The normalized spacial score (nSPS) is 13.7. The molecule has 7 aromatic carbocycles. The van der Waals surface area contributed by atoms with E-state index in [1.807, 2.05) is 36.4 Å². The van der Waals surface area contributed by atoms with Crippen molar-refractivity contribution in [1.29, 1.82) is 0 Å². The molecule has 1 aromatic heterocycles. The molecule has 0 saturated heterocycles. The van der Waals surface area contributed by atoms with Gasteiger partial charge in [0.15, 0.2) is 17.5 Å².